The van der Waals surface area contributed by atoms with E-state index in [0.717, 1.165) is 6.42 Å². The van der Waals surface area contributed by atoms with E-state index in [2.05, 4.69) is 0 Å². The number of hydrogen-bond donors (Lipinski definition) is 3. The molecule has 0 spiro atoms. The van der Waals surface area contributed by atoms with E-state index in [1.54, 1.807) is 6.92 Å². The maximum Gasteiger partial charge on any atom is 0.0820 e. The zero-order chi connectivity index (χ0) is 8.85. The molecule has 3 unspecified atom stereocenters. The fourth-order valence-corrected chi connectivity index (χ4v) is 0.981. The van der Waals surface area contributed by atoms with Gasteiger partial charge in [-0.3, -0.25) is 0 Å². The molecule has 0 heterocycles. The number of hydrogen-bond acceptors (Lipinski definition) is 3. The number of aliphatic hydroxyl groups excluding tert-OH is 3. The van der Waals surface area contributed by atoms with Gasteiger partial charge >= 0.3 is 0 Å². The van der Waals surface area contributed by atoms with Crippen LogP contribution in [0.1, 0.15) is 26.7 Å². The molecule has 3 atom stereocenters. The molecule has 0 bridgehead atoms. The van der Waals surface area contributed by atoms with E-state index in [9.17, 15) is 5.11 Å². The number of aliphatic hydroxyl groups is 3. The van der Waals surface area contributed by atoms with Gasteiger partial charge < -0.3 is 15.3 Å². The first-order valence-corrected chi connectivity index (χ1v) is 4.10. The molecule has 0 aromatic rings. The van der Waals surface area contributed by atoms with Gasteiger partial charge in [0.25, 0.3) is 0 Å². The van der Waals surface area contributed by atoms with E-state index < -0.39 is 12.2 Å². The smallest absolute Gasteiger partial charge is 0.0820 e. The van der Waals surface area contributed by atoms with Crippen LogP contribution in [-0.4, -0.2) is 34.1 Å². The SMILES string of the molecule is CCCC(O)C(C)C(O)CO. The molecule has 0 radical (unpaired) electrons. The molecule has 3 N–H and O–H groups in total. The first-order valence-electron chi connectivity index (χ1n) is 4.10. The highest BCUT2D eigenvalue weighted by atomic mass is 16.3. The van der Waals surface area contributed by atoms with Gasteiger partial charge in [0, 0.05) is 5.92 Å². The van der Waals surface area contributed by atoms with E-state index in [4.69, 9.17) is 10.2 Å². The summed E-state index contributed by atoms with van der Waals surface area (Å²) in [5.41, 5.74) is 0. The molecule has 68 valence electrons. The van der Waals surface area contributed by atoms with Gasteiger partial charge in [0.05, 0.1) is 18.8 Å². The number of rotatable bonds is 5. The van der Waals surface area contributed by atoms with Crippen molar-refractivity contribution >= 4 is 0 Å². The first kappa shape index (κ1) is 10.9. The summed E-state index contributed by atoms with van der Waals surface area (Å²) in [6.45, 7) is 3.43. The van der Waals surface area contributed by atoms with Crippen LogP contribution >= 0.6 is 0 Å². The third kappa shape index (κ3) is 3.70. The summed E-state index contributed by atoms with van der Waals surface area (Å²) in [4.78, 5) is 0. The maximum atomic E-state index is 9.35. The molecule has 0 rings (SSSR count). The van der Waals surface area contributed by atoms with Crippen molar-refractivity contribution in [1.82, 2.24) is 0 Å². The molecule has 3 heteroatoms. The Kier molecular flexibility index (Phi) is 5.46. The Labute approximate surface area is 67.7 Å². The van der Waals surface area contributed by atoms with Crippen LogP contribution in [0.2, 0.25) is 0 Å². The zero-order valence-corrected chi connectivity index (χ0v) is 7.20. The van der Waals surface area contributed by atoms with Crippen LogP contribution in [0, 0.1) is 5.92 Å². The molecule has 0 fully saturated rings. The van der Waals surface area contributed by atoms with Gasteiger partial charge in [0.15, 0.2) is 0 Å². The molecule has 0 aliphatic heterocycles. The lowest BCUT2D eigenvalue weighted by Gasteiger charge is -2.21. The highest BCUT2D eigenvalue weighted by Gasteiger charge is 2.20. The van der Waals surface area contributed by atoms with Crippen LogP contribution in [0.25, 0.3) is 0 Å². The largest absolute Gasteiger partial charge is 0.394 e. The summed E-state index contributed by atoms with van der Waals surface area (Å²) < 4.78 is 0. The Bertz CT molecular complexity index is 95.3. The molecule has 0 amide bonds. The normalized spacial score (nSPS) is 19.4. The van der Waals surface area contributed by atoms with Gasteiger partial charge in [-0.2, -0.15) is 0 Å². The van der Waals surface area contributed by atoms with Crippen molar-refractivity contribution in [2.75, 3.05) is 6.61 Å². The standard InChI is InChI=1S/C8H18O3/c1-3-4-7(10)6(2)8(11)5-9/h6-11H,3-5H2,1-2H3. The molecule has 0 aliphatic rings. The van der Waals surface area contributed by atoms with E-state index in [-0.39, 0.29) is 12.5 Å². The van der Waals surface area contributed by atoms with Gasteiger partial charge in [-0.25, -0.2) is 0 Å². The van der Waals surface area contributed by atoms with Gasteiger partial charge in [-0.15, -0.1) is 0 Å². The van der Waals surface area contributed by atoms with Crippen molar-refractivity contribution in [2.24, 2.45) is 5.92 Å². The lowest BCUT2D eigenvalue weighted by Crippen LogP contribution is -2.31. The molecular formula is C8H18O3. The monoisotopic (exact) mass is 162 g/mol. The Morgan fingerprint density at radius 3 is 2.09 bits per heavy atom. The summed E-state index contributed by atoms with van der Waals surface area (Å²) >= 11 is 0. The topological polar surface area (TPSA) is 60.7 Å². The Morgan fingerprint density at radius 2 is 1.73 bits per heavy atom. The fourth-order valence-electron chi connectivity index (χ4n) is 0.981. The Hall–Kier alpha value is -0.120. The molecule has 11 heavy (non-hydrogen) atoms. The molecule has 3 nitrogen and oxygen atoms in total. The van der Waals surface area contributed by atoms with Crippen molar-refractivity contribution < 1.29 is 15.3 Å². The van der Waals surface area contributed by atoms with Crippen molar-refractivity contribution in [1.29, 1.82) is 0 Å². The van der Waals surface area contributed by atoms with Gasteiger partial charge in [0.1, 0.15) is 0 Å². The molecule has 0 aromatic heterocycles. The van der Waals surface area contributed by atoms with Crippen LogP contribution in [0.4, 0.5) is 0 Å². The van der Waals surface area contributed by atoms with E-state index in [0.29, 0.717) is 6.42 Å². The summed E-state index contributed by atoms with van der Waals surface area (Å²) in [7, 11) is 0. The second-order valence-corrected chi connectivity index (χ2v) is 2.97. The average Bonchev–Trinajstić information content (AvgIpc) is 2.02. The predicted molar refractivity (Wildman–Crippen MR) is 43.2 cm³/mol. The van der Waals surface area contributed by atoms with E-state index in [1.807, 2.05) is 6.92 Å². The highest BCUT2D eigenvalue weighted by Crippen LogP contribution is 2.12. The van der Waals surface area contributed by atoms with E-state index in [1.165, 1.54) is 0 Å². The predicted octanol–water partition coefficient (Wildman–Crippen LogP) is 0.137. The molecule has 0 aliphatic carbocycles. The minimum atomic E-state index is -0.795. The van der Waals surface area contributed by atoms with Crippen LogP contribution in [0.3, 0.4) is 0 Å². The Balaban J connectivity index is 3.70. The second-order valence-electron chi connectivity index (χ2n) is 2.97. The van der Waals surface area contributed by atoms with Crippen molar-refractivity contribution in [2.45, 2.75) is 38.9 Å². The van der Waals surface area contributed by atoms with Crippen molar-refractivity contribution in [3.05, 3.63) is 0 Å². The maximum absolute atomic E-state index is 9.35. The van der Waals surface area contributed by atoms with Gasteiger partial charge in [-0.05, 0) is 6.42 Å². The zero-order valence-electron chi connectivity index (χ0n) is 7.20. The fraction of sp³-hybridized carbons (Fsp3) is 1.00. The third-order valence-electron chi connectivity index (χ3n) is 1.99. The molecular weight excluding hydrogens is 144 g/mol. The second kappa shape index (κ2) is 5.52. The summed E-state index contributed by atoms with van der Waals surface area (Å²) in [5, 5.41) is 27.0. The van der Waals surface area contributed by atoms with Gasteiger partial charge in [-0.1, -0.05) is 20.3 Å². The highest BCUT2D eigenvalue weighted by molar-refractivity contribution is 4.70. The molecule has 0 saturated carbocycles. The van der Waals surface area contributed by atoms with Crippen LogP contribution in [-0.2, 0) is 0 Å². The van der Waals surface area contributed by atoms with Crippen LogP contribution < -0.4 is 0 Å². The molecule has 0 saturated heterocycles. The summed E-state index contributed by atoms with van der Waals surface area (Å²) in [5.74, 6) is -0.236. The Morgan fingerprint density at radius 1 is 1.18 bits per heavy atom. The van der Waals surface area contributed by atoms with E-state index >= 15 is 0 Å². The van der Waals surface area contributed by atoms with Crippen molar-refractivity contribution in [3.63, 3.8) is 0 Å². The first-order chi connectivity index (χ1) is 5.13. The minimum Gasteiger partial charge on any atom is -0.394 e. The van der Waals surface area contributed by atoms with Crippen molar-refractivity contribution in [3.8, 4) is 0 Å². The quantitative estimate of drug-likeness (QED) is 0.539. The van der Waals surface area contributed by atoms with Gasteiger partial charge in [0.2, 0.25) is 0 Å². The molecule has 0 aromatic carbocycles. The van der Waals surface area contributed by atoms with Crippen LogP contribution in [0.5, 0.6) is 0 Å². The van der Waals surface area contributed by atoms with Crippen LogP contribution in [0.15, 0.2) is 0 Å². The minimum absolute atomic E-state index is 0.236. The summed E-state index contributed by atoms with van der Waals surface area (Å²) in [6, 6.07) is 0. The third-order valence-corrected chi connectivity index (χ3v) is 1.99. The lowest BCUT2D eigenvalue weighted by molar-refractivity contribution is -0.0109. The average molecular weight is 162 g/mol. The lowest BCUT2D eigenvalue weighted by atomic mass is 9.95. The summed E-state index contributed by atoms with van der Waals surface area (Å²) in [6.07, 6.45) is 0.278.